The number of ether oxygens (including phenoxy) is 2. The molecular weight excluding hydrogens is 484 g/mol. The molecular formula is C29H40N4O5. The number of para-hydroxylation sites is 2. The van der Waals surface area contributed by atoms with Crippen molar-refractivity contribution in [3.8, 4) is 11.5 Å². The SMILES string of the molecule is CC(C)Oc1ccccc1OC1=CC(=O)N(C(CC2CCCCC2)C(=O)Nc2ccn(CC(C)(C)O)n2)C1. The second-order valence-corrected chi connectivity index (χ2v) is 11.2. The van der Waals surface area contributed by atoms with Gasteiger partial charge in [0.05, 0.1) is 24.8 Å². The summed E-state index contributed by atoms with van der Waals surface area (Å²) in [5, 5.41) is 17.4. The number of nitrogens with zero attached hydrogens (tertiary/aromatic N) is 3. The minimum absolute atomic E-state index is 0.0223. The molecule has 4 rings (SSSR count). The van der Waals surface area contributed by atoms with Crippen LogP contribution in [0.1, 0.15) is 66.2 Å². The van der Waals surface area contributed by atoms with Gasteiger partial charge >= 0.3 is 0 Å². The van der Waals surface area contributed by atoms with Gasteiger partial charge in [-0.2, -0.15) is 5.10 Å². The van der Waals surface area contributed by atoms with Crippen molar-refractivity contribution in [3.05, 3.63) is 48.4 Å². The third-order valence-electron chi connectivity index (χ3n) is 6.75. The molecule has 2 heterocycles. The highest BCUT2D eigenvalue weighted by Gasteiger charge is 2.36. The number of rotatable bonds is 11. The molecule has 0 radical (unpaired) electrons. The van der Waals surface area contributed by atoms with Crippen molar-refractivity contribution in [2.75, 3.05) is 11.9 Å². The molecule has 2 N–H and O–H groups in total. The summed E-state index contributed by atoms with van der Waals surface area (Å²) in [6.45, 7) is 7.79. The number of aliphatic hydroxyl groups is 1. The van der Waals surface area contributed by atoms with Crippen molar-refractivity contribution < 1.29 is 24.2 Å². The molecule has 0 bridgehead atoms. The van der Waals surface area contributed by atoms with Crippen molar-refractivity contribution in [1.29, 1.82) is 0 Å². The Morgan fingerprint density at radius 2 is 1.87 bits per heavy atom. The first-order chi connectivity index (χ1) is 18.1. The van der Waals surface area contributed by atoms with Gasteiger partial charge in [0.25, 0.3) is 5.91 Å². The van der Waals surface area contributed by atoms with E-state index in [9.17, 15) is 14.7 Å². The number of amides is 2. The standard InChI is InChI=1S/C29H40N4O5/c1-20(2)37-24-12-8-9-13-25(24)38-22-17-27(34)33(18-22)23(16-21-10-6-5-7-11-21)28(35)30-26-14-15-32(31-26)19-29(3,4)36/h8-9,12-15,17,20-21,23,36H,5-7,10-11,16,18-19H2,1-4H3,(H,30,31,35). The van der Waals surface area contributed by atoms with Crippen LogP contribution in [0.25, 0.3) is 0 Å². The number of nitrogens with one attached hydrogen (secondary N) is 1. The van der Waals surface area contributed by atoms with Crippen molar-refractivity contribution in [1.82, 2.24) is 14.7 Å². The summed E-state index contributed by atoms with van der Waals surface area (Å²) in [4.78, 5) is 28.3. The highest BCUT2D eigenvalue weighted by Crippen LogP contribution is 2.33. The molecule has 9 nitrogen and oxygen atoms in total. The van der Waals surface area contributed by atoms with Gasteiger partial charge in [-0.25, -0.2) is 0 Å². The minimum atomic E-state index is -0.931. The Morgan fingerprint density at radius 1 is 1.16 bits per heavy atom. The van der Waals surface area contributed by atoms with E-state index >= 15 is 0 Å². The summed E-state index contributed by atoms with van der Waals surface area (Å²) < 4.78 is 13.5. The molecule has 206 valence electrons. The molecule has 0 spiro atoms. The molecule has 38 heavy (non-hydrogen) atoms. The van der Waals surface area contributed by atoms with Crippen LogP contribution in [0.15, 0.2) is 48.4 Å². The smallest absolute Gasteiger partial charge is 0.251 e. The highest BCUT2D eigenvalue weighted by atomic mass is 16.5. The maximum Gasteiger partial charge on any atom is 0.251 e. The maximum absolute atomic E-state index is 13.6. The number of hydrogen-bond donors (Lipinski definition) is 2. The first kappa shape index (κ1) is 27.7. The quantitative estimate of drug-likeness (QED) is 0.448. The summed E-state index contributed by atoms with van der Waals surface area (Å²) in [6.07, 6.45) is 9.38. The Balaban J connectivity index is 1.48. The molecule has 1 saturated carbocycles. The number of hydrogen-bond acceptors (Lipinski definition) is 6. The Hall–Kier alpha value is -3.33. The maximum atomic E-state index is 13.6. The van der Waals surface area contributed by atoms with E-state index in [2.05, 4.69) is 10.4 Å². The molecule has 1 aromatic heterocycles. The minimum Gasteiger partial charge on any atom is -0.487 e. The van der Waals surface area contributed by atoms with Crippen LogP contribution >= 0.6 is 0 Å². The normalized spacial score (nSPS) is 17.5. The average molecular weight is 525 g/mol. The van der Waals surface area contributed by atoms with Crippen LogP contribution in [0.2, 0.25) is 0 Å². The molecule has 2 aliphatic rings. The van der Waals surface area contributed by atoms with Crippen LogP contribution in [0, 0.1) is 5.92 Å². The summed E-state index contributed by atoms with van der Waals surface area (Å²) in [5.41, 5.74) is -0.931. The lowest BCUT2D eigenvalue weighted by Crippen LogP contribution is -2.46. The third-order valence-corrected chi connectivity index (χ3v) is 6.75. The first-order valence-electron chi connectivity index (χ1n) is 13.6. The molecule has 1 aliphatic carbocycles. The van der Waals surface area contributed by atoms with Gasteiger partial charge < -0.3 is 24.8 Å². The lowest BCUT2D eigenvalue weighted by atomic mass is 9.84. The predicted octanol–water partition coefficient (Wildman–Crippen LogP) is 4.52. The number of aromatic nitrogens is 2. The van der Waals surface area contributed by atoms with Crippen molar-refractivity contribution in [2.45, 2.75) is 90.5 Å². The highest BCUT2D eigenvalue weighted by molar-refractivity contribution is 5.99. The van der Waals surface area contributed by atoms with Gasteiger partial charge in [-0.1, -0.05) is 44.2 Å². The van der Waals surface area contributed by atoms with Crippen LogP contribution < -0.4 is 14.8 Å². The molecule has 0 saturated heterocycles. The number of carbonyl (C=O) groups is 2. The summed E-state index contributed by atoms with van der Waals surface area (Å²) >= 11 is 0. The lowest BCUT2D eigenvalue weighted by molar-refractivity contribution is -0.134. The number of carbonyl (C=O) groups excluding carboxylic acids is 2. The summed E-state index contributed by atoms with van der Waals surface area (Å²) in [7, 11) is 0. The number of anilines is 1. The van der Waals surface area contributed by atoms with Gasteiger partial charge in [0.1, 0.15) is 11.8 Å². The lowest BCUT2D eigenvalue weighted by Gasteiger charge is -2.31. The van der Waals surface area contributed by atoms with E-state index in [4.69, 9.17) is 9.47 Å². The van der Waals surface area contributed by atoms with Gasteiger partial charge in [-0.15, -0.1) is 0 Å². The summed E-state index contributed by atoms with van der Waals surface area (Å²) in [5.74, 6) is 1.88. The van der Waals surface area contributed by atoms with Gasteiger partial charge in [-0.05, 0) is 52.2 Å². The van der Waals surface area contributed by atoms with Crippen LogP contribution in [0.5, 0.6) is 11.5 Å². The molecule has 2 amide bonds. The molecule has 1 aromatic carbocycles. The Kier molecular flexibility index (Phi) is 8.76. The van der Waals surface area contributed by atoms with Crippen molar-refractivity contribution in [2.24, 2.45) is 5.92 Å². The molecule has 1 atom stereocenters. The topological polar surface area (TPSA) is 106 Å². The monoisotopic (exact) mass is 524 g/mol. The van der Waals surface area contributed by atoms with Crippen LogP contribution in [0.3, 0.4) is 0 Å². The van der Waals surface area contributed by atoms with Gasteiger partial charge in [-0.3, -0.25) is 14.3 Å². The predicted molar refractivity (Wildman–Crippen MR) is 145 cm³/mol. The fourth-order valence-electron chi connectivity index (χ4n) is 5.10. The van der Waals surface area contributed by atoms with Crippen LogP contribution in [-0.2, 0) is 16.1 Å². The Morgan fingerprint density at radius 3 is 2.55 bits per heavy atom. The second-order valence-electron chi connectivity index (χ2n) is 11.2. The van der Waals surface area contributed by atoms with E-state index < -0.39 is 11.6 Å². The van der Waals surface area contributed by atoms with E-state index in [-0.39, 0.29) is 24.5 Å². The van der Waals surface area contributed by atoms with Crippen molar-refractivity contribution >= 4 is 17.6 Å². The van der Waals surface area contributed by atoms with Crippen molar-refractivity contribution in [3.63, 3.8) is 0 Å². The largest absolute Gasteiger partial charge is 0.487 e. The van der Waals surface area contributed by atoms with Gasteiger partial charge in [0.2, 0.25) is 5.91 Å². The Labute approximate surface area is 224 Å². The van der Waals surface area contributed by atoms with Gasteiger partial charge in [0, 0.05) is 18.3 Å². The van der Waals surface area contributed by atoms with E-state index in [1.165, 1.54) is 12.5 Å². The molecule has 2 aromatic rings. The first-order valence-corrected chi connectivity index (χ1v) is 13.6. The molecule has 1 aliphatic heterocycles. The third kappa shape index (κ3) is 7.60. The van der Waals surface area contributed by atoms with E-state index in [0.29, 0.717) is 42.0 Å². The zero-order chi connectivity index (χ0) is 27.3. The zero-order valence-corrected chi connectivity index (χ0v) is 22.9. The van der Waals surface area contributed by atoms with E-state index in [0.717, 1.165) is 25.7 Å². The summed E-state index contributed by atoms with van der Waals surface area (Å²) in [6, 6.07) is 8.42. The van der Waals surface area contributed by atoms with Crippen LogP contribution in [0.4, 0.5) is 5.82 Å². The van der Waals surface area contributed by atoms with E-state index in [1.54, 1.807) is 35.7 Å². The Bertz CT molecular complexity index is 1140. The van der Waals surface area contributed by atoms with E-state index in [1.807, 2.05) is 38.1 Å². The number of benzene rings is 1. The fourth-order valence-corrected chi connectivity index (χ4v) is 5.10. The zero-order valence-electron chi connectivity index (χ0n) is 22.9. The fraction of sp³-hybridized carbons (Fsp3) is 0.552. The second kappa shape index (κ2) is 12.0. The molecule has 9 heteroatoms. The van der Waals surface area contributed by atoms with Crippen LogP contribution in [-0.4, -0.2) is 55.9 Å². The average Bonchev–Trinajstić information content (AvgIpc) is 3.43. The van der Waals surface area contributed by atoms with Gasteiger partial charge in [0.15, 0.2) is 17.3 Å². The molecule has 1 fully saturated rings. The molecule has 1 unspecified atom stereocenters.